The van der Waals surface area contributed by atoms with Crippen LogP contribution in [0.2, 0.25) is 0 Å². The Morgan fingerprint density at radius 2 is 2.38 bits per heavy atom. The second-order valence-corrected chi connectivity index (χ2v) is 3.17. The van der Waals surface area contributed by atoms with Crippen LogP contribution in [0, 0.1) is 11.3 Å². The maximum Gasteiger partial charge on any atom is 0.120 e. The smallest absolute Gasteiger partial charge is 0.120 e. The highest BCUT2D eigenvalue weighted by molar-refractivity contribution is 5.03. The van der Waals surface area contributed by atoms with Crippen molar-refractivity contribution in [3.8, 4) is 6.07 Å². The van der Waals surface area contributed by atoms with Crippen molar-refractivity contribution in [2.45, 2.75) is 32.4 Å². The molecule has 2 atom stereocenters. The highest BCUT2D eigenvalue weighted by Gasteiger charge is 2.10. The lowest BCUT2D eigenvalue weighted by Gasteiger charge is -2.15. The van der Waals surface area contributed by atoms with E-state index in [2.05, 4.69) is 11.4 Å². The van der Waals surface area contributed by atoms with E-state index in [9.17, 15) is 0 Å². The molecule has 0 amide bonds. The van der Waals surface area contributed by atoms with E-state index >= 15 is 0 Å². The third kappa shape index (κ3) is 2.92. The molecule has 1 unspecified atom stereocenters. The van der Waals surface area contributed by atoms with Gasteiger partial charge in [-0.1, -0.05) is 0 Å². The molecule has 0 fully saturated rings. The highest BCUT2D eigenvalue weighted by atomic mass is 16.3. The van der Waals surface area contributed by atoms with E-state index in [-0.39, 0.29) is 12.1 Å². The van der Waals surface area contributed by atoms with Gasteiger partial charge in [0.05, 0.1) is 24.8 Å². The predicted octanol–water partition coefficient (Wildman–Crippen LogP) is 2.23. The fourth-order valence-electron chi connectivity index (χ4n) is 1.24. The number of rotatable bonds is 4. The van der Waals surface area contributed by atoms with Gasteiger partial charge in [-0.3, -0.25) is 0 Å². The summed E-state index contributed by atoms with van der Waals surface area (Å²) in [6.07, 6.45) is 2.17. The lowest BCUT2D eigenvalue weighted by molar-refractivity contribution is 0.400. The van der Waals surface area contributed by atoms with Crippen LogP contribution >= 0.6 is 0 Å². The summed E-state index contributed by atoms with van der Waals surface area (Å²) in [5, 5.41) is 11.7. The molecule has 0 radical (unpaired) electrons. The average Bonchev–Trinajstić information content (AvgIpc) is 2.55. The van der Waals surface area contributed by atoms with Crippen LogP contribution in [0.1, 0.15) is 32.1 Å². The molecule has 13 heavy (non-hydrogen) atoms. The Balaban J connectivity index is 2.42. The second-order valence-electron chi connectivity index (χ2n) is 3.17. The van der Waals surface area contributed by atoms with Crippen molar-refractivity contribution < 1.29 is 4.42 Å². The number of nitriles is 1. The molecule has 1 aromatic rings. The van der Waals surface area contributed by atoms with Gasteiger partial charge in [-0.05, 0) is 26.0 Å². The average molecular weight is 178 g/mol. The summed E-state index contributed by atoms with van der Waals surface area (Å²) in [5.41, 5.74) is 0. The van der Waals surface area contributed by atoms with Gasteiger partial charge in [-0.25, -0.2) is 0 Å². The van der Waals surface area contributed by atoms with Crippen LogP contribution in [-0.2, 0) is 0 Å². The summed E-state index contributed by atoms with van der Waals surface area (Å²) >= 11 is 0. The largest absolute Gasteiger partial charge is 0.468 e. The first-order chi connectivity index (χ1) is 6.24. The van der Waals surface area contributed by atoms with E-state index in [1.54, 1.807) is 6.26 Å². The molecular weight excluding hydrogens is 164 g/mol. The van der Waals surface area contributed by atoms with Crippen molar-refractivity contribution in [2.24, 2.45) is 0 Å². The van der Waals surface area contributed by atoms with Crippen molar-refractivity contribution in [2.75, 3.05) is 0 Å². The van der Waals surface area contributed by atoms with Gasteiger partial charge in [0.15, 0.2) is 0 Å². The minimum absolute atomic E-state index is 0.165. The van der Waals surface area contributed by atoms with Gasteiger partial charge in [0.25, 0.3) is 0 Å². The van der Waals surface area contributed by atoms with Gasteiger partial charge in [0, 0.05) is 6.04 Å². The monoisotopic (exact) mass is 178 g/mol. The SMILES string of the molecule is CC(CC#N)N[C@@H](C)c1ccco1. The van der Waals surface area contributed by atoms with Gasteiger partial charge >= 0.3 is 0 Å². The Morgan fingerprint density at radius 3 is 2.92 bits per heavy atom. The molecule has 3 heteroatoms. The quantitative estimate of drug-likeness (QED) is 0.769. The Morgan fingerprint density at radius 1 is 1.62 bits per heavy atom. The molecule has 1 heterocycles. The third-order valence-corrected chi connectivity index (χ3v) is 1.90. The lowest BCUT2D eigenvalue weighted by atomic mass is 10.2. The van der Waals surface area contributed by atoms with Crippen molar-refractivity contribution in [3.05, 3.63) is 24.2 Å². The molecule has 3 nitrogen and oxygen atoms in total. The second kappa shape index (κ2) is 4.68. The van der Waals surface area contributed by atoms with Crippen LogP contribution in [0.5, 0.6) is 0 Å². The fourth-order valence-corrected chi connectivity index (χ4v) is 1.24. The Bertz CT molecular complexity index is 274. The molecular formula is C10H14N2O. The van der Waals surface area contributed by atoms with E-state index < -0.39 is 0 Å². The molecule has 0 aromatic carbocycles. The summed E-state index contributed by atoms with van der Waals surface area (Å²) in [7, 11) is 0. The Labute approximate surface area is 78.4 Å². The molecule has 1 rings (SSSR count). The summed E-state index contributed by atoms with van der Waals surface area (Å²) in [5.74, 6) is 0.907. The molecule has 70 valence electrons. The van der Waals surface area contributed by atoms with Crippen LogP contribution in [0.15, 0.2) is 22.8 Å². The maximum atomic E-state index is 8.47. The Kier molecular flexibility index (Phi) is 3.53. The first kappa shape index (κ1) is 9.82. The van der Waals surface area contributed by atoms with Crippen molar-refractivity contribution in [1.29, 1.82) is 5.26 Å². The molecule has 0 aliphatic heterocycles. The topological polar surface area (TPSA) is 49.0 Å². The van der Waals surface area contributed by atoms with Crippen LogP contribution < -0.4 is 5.32 Å². The van der Waals surface area contributed by atoms with Crippen LogP contribution in [-0.4, -0.2) is 6.04 Å². The van der Waals surface area contributed by atoms with Gasteiger partial charge in [-0.15, -0.1) is 0 Å². The van der Waals surface area contributed by atoms with Crippen LogP contribution in [0.3, 0.4) is 0 Å². The normalized spacial score (nSPS) is 14.8. The van der Waals surface area contributed by atoms with E-state index in [0.29, 0.717) is 6.42 Å². The summed E-state index contributed by atoms with van der Waals surface area (Å²) < 4.78 is 5.23. The van der Waals surface area contributed by atoms with E-state index in [1.165, 1.54) is 0 Å². The zero-order valence-electron chi connectivity index (χ0n) is 7.95. The zero-order chi connectivity index (χ0) is 9.68. The number of furan rings is 1. The third-order valence-electron chi connectivity index (χ3n) is 1.90. The standard InChI is InChI=1S/C10H14N2O/c1-8(5-6-11)12-9(2)10-4-3-7-13-10/h3-4,7-9,12H,5H2,1-2H3/t8?,9-/m0/s1. The number of hydrogen-bond acceptors (Lipinski definition) is 3. The van der Waals surface area contributed by atoms with Gasteiger partial charge < -0.3 is 9.73 Å². The van der Waals surface area contributed by atoms with E-state index in [4.69, 9.17) is 9.68 Å². The molecule has 1 N–H and O–H groups in total. The van der Waals surface area contributed by atoms with Crippen molar-refractivity contribution in [3.63, 3.8) is 0 Å². The number of nitrogens with zero attached hydrogens (tertiary/aromatic N) is 1. The highest BCUT2D eigenvalue weighted by Crippen LogP contribution is 2.13. The van der Waals surface area contributed by atoms with Gasteiger partial charge in [0.1, 0.15) is 5.76 Å². The molecule has 0 bridgehead atoms. The van der Waals surface area contributed by atoms with Crippen molar-refractivity contribution >= 4 is 0 Å². The minimum atomic E-state index is 0.165. The fraction of sp³-hybridized carbons (Fsp3) is 0.500. The van der Waals surface area contributed by atoms with Gasteiger partial charge in [0.2, 0.25) is 0 Å². The summed E-state index contributed by atoms with van der Waals surface area (Å²) in [6, 6.07) is 6.28. The molecule has 0 saturated heterocycles. The summed E-state index contributed by atoms with van der Waals surface area (Å²) in [6.45, 7) is 4.01. The maximum absolute atomic E-state index is 8.47. The summed E-state index contributed by atoms with van der Waals surface area (Å²) in [4.78, 5) is 0. The Hall–Kier alpha value is -1.27. The predicted molar refractivity (Wildman–Crippen MR) is 50.0 cm³/mol. The van der Waals surface area contributed by atoms with Crippen LogP contribution in [0.4, 0.5) is 0 Å². The lowest BCUT2D eigenvalue weighted by Crippen LogP contribution is -2.28. The van der Waals surface area contributed by atoms with Crippen molar-refractivity contribution in [1.82, 2.24) is 5.32 Å². The molecule has 0 spiro atoms. The molecule has 0 saturated carbocycles. The van der Waals surface area contributed by atoms with Gasteiger partial charge in [-0.2, -0.15) is 5.26 Å². The van der Waals surface area contributed by atoms with E-state index in [1.807, 2.05) is 26.0 Å². The molecule has 1 aromatic heterocycles. The number of hydrogen-bond donors (Lipinski definition) is 1. The zero-order valence-corrected chi connectivity index (χ0v) is 7.95. The number of nitrogens with one attached hydrogen (secondary N) is 1. The molecule has 0 aliphatic carbocycles. The minimum Gasteiger partial charge on any atom is -0.468 e. The van der Waals surface area contributed by atoms with E-state index in [0.717, 1.165) is 5.76 Å². The first-order valence-electron chi connectivity index (χ1n) is 4.40. The molecule has 0 aliphatic rings. The van der Waals surface area contributed by atoms with Crippen LogP contribution in [0.25, 0.3) is 0 Å². The first-order valence-corrected chi connectivity index (χ1v) is 4.40.